The molecule has 272 valence electrons. The summed E-state index contributed by atoms with van der Waals surface area (Å²) in [6, 6.07) is 18.1. The molecule has 51 heavy (non-hydrogen) atoms. The van der Waals surface area contributed by atoms with Crippen molar-refractivity contribution in [3.8, 4) is 28.7 Å². The van der Waals surface area contributed by atoms with Gasteiger partial charge < -0.3 is 43.2 Å². The van der Waals surface area contributed by atoms with Crippen molar-refractivity contribution in [1.82, 2.24) is 9.88 Å². The topological polar surface area (TPSA) is 138 Å². The Morgan fingerprint density at radius 3 is 2.18 bits per heavy atom. The molecule has 2 fully saturated rings. The zero-order valence-corrected chi connectivity index (χ0v) is 29.8. The minimum atomic E-state index is -0.670. The molecule has 4 aromatic rings. The van der Waals surface area contributed by atoms with Crippen LogP contribution in [0.5, 0.6) is 28.7 Å². The van der Waals surface area contributed by atoms with E-state index in [-0.39, 0.29) is 29.4 Å². The lowest BCUT2D eigenvalue weighted by atomic mass is 9.63. The van der Waals surface area contributed by atoms with Crippen molar-refractivity contribution in [3.05, 3.63) is 77.5 Å². The molecule has 12 nitrogen and oxygen atoms in total. The second-order valence-corrected chi connectivity index (χ2v) is 13.0. The van der Waals surface area contributed by atoms with Crippen molar-refractivity contribution in [2.75, 3.05) is 55.7 Å². The molecule has 1 saturated carbocycles. The van der Waals surface area contributed by atoms with Gasteiger partial charge in [0.2, 0.25) is 5.75 Å². The zero-order chi connectivity index (χ0) is 36.2. The minimum absolute atomic E-state index is 0.0170. The van der Waals surface area contributed by atoms with Crippen molar-refractivity contribution in [1.29, 1.82) is 0 Å². The van der Waals surface area contributed by atoms with E-state index in [1.54, 1.807) is 50.6 Å². The third kappa shape index (κ3) is 7.02. The number of nitrogens with one attached hydrogen (secondary N) is 1. The molecule has 3 aromatic carbocycles. The highest BCUT2D eigenvalue weighted by Gasteiger charge is 2.54. The number of esters is 2. The maximum Gasteiger partial charge on any atom is 0.338 e. The molecule has 3 aliphatic rings. The van der Waals surface area contributed by atoms with Crippen LogP contribution in [0.4, 0.5) is 0 Å². The van der Waals surface area contributed by atoms with Gasteiger partial charge in [-0.3, -0.25) is 9.69 Å². The third-order valence-electron chi connectivity index (χ3n) is 10.5. The van der Waals surface area contributed by atoms with E-state index >= 15 is 0 Å². The normalized spacial score (nSPS) is 23.7. The highest BCUT2D eigenvalue weighted by molar-refractivity contribution is 5.91. The number of carbonyl (C=O) groups is 2. The SMILES string of the molecule is COC(=O)[C@H]1[C@H]2C[C@@H]3c4[nH]c5cc(OC)ccc5c4CCN3C[C@H]2C[C@@H](OC(=O)c2cc(OC)c(OC)c(OC)c2)[C@@H]1OC.Oc1ccccc1. The van der Waals surface area contributed by atoms with Gasteiger partial charge in [0.1, 0.15) is 23.7 Å². The number of hydrogen-bond donors (Lipinski definition) is 2. The van der Waals surface area contributed by atoms with Gasteiger partial charge in [0, 0.05) is 42.9 Å². The number of aromatic nitrogens is 1. The first-order valence-corrected chi connectivity index (χ1v) is 17.0. The van der Waals surface area contributed by atoms with E-state index < -0.39 is 24.1 Å². The molecule has 0 radical (unpaired) electrons. The number of phenolic OH excluding ortho intramolecular Hbond substituents is 1. The number of hydrogen-bond acceptors (Lipinski definition) is 11. The number of piperidine rings is 1. The van der Waals surface area contributed by atoms with Crippen molar-refractivity contribution in [2.24, 2.45) is 17.8 Å². The van der Waals surface area contributed by atoms with Gasteiger partial charge in [0.25, 0.3) is 0 Å². The molecular formula is C39H46N2O10. The number of aromatic amines is 1. The van der Waals surface area contributed by atoms with Crippen LogP contribution < -0.4 is 18.9 Å². The average Bonchev–Trinajstić information content (AvgIpc) is 3.54. The molecule has 0 amide bonds. The molecule has 2 N–H and O–H groups in total. The molecule has 3 heterocycles. The van der Waals surface area contributed by atoms with Crippen LogP contribution in [0.2, 0.25) is 0 Å². The van der Waals surface area contributed by atoms with Gasteiger partial charge in [-0.25, -0.2) is 4.79 Å². The first-order chi connectivity index (χ1) is 24.7. The number of para-hydroxylation sites is 1. The van der Waals surface area contributed by atoms with Crippen molar-refractivity contribution in [3.63, 3.8) is 0 Å². The van der Waals surface area contributed by atoms with E-state index in [1.165, 1.54) is 45.1 Å². The molecule has 12 heteroatoms. The average molecular weight is 703 g/mol. The minimum Gasteiger partial charge on any atom is -0.508 e. The van der Waals surface area contributed by atoms with E-state index in [0.717, 1.165) is 37.2 Å². The van der Waals surface area contributed by atoms with Crippen molar-refractivity contribution in [2.45, 2.75) is 37.5 Å². The quantitative estimate of drug-likeness (QED) is 0.223. The summed E-state index contributed by atoms with van der Waals surface area (Å²) in [5.74, 6) is 0.762. The van der Waals surface area contributed by atoms with E-state index in [0.29, 0.717) is 29.4 Å². The number of rotatable bonds is 8. The fourth-order valence-corrected chi connectivity index (χ4v) is 8.19. The summed E-state index contributed by atoms with van der Waals surface area (Å²) in [4.78, 5) is 33.1. The predicted octanol–water partition coefficient (Wildman–Crippen LogP) is 5.56. The molecular weight excluding hydrogens is 656 g/mol. The molecule has 1 aliphatic carbocycles. The second kappa shape index (κ2) is 15.5. The van der Waals surface area contributed by atoms with E-state index in [4.69, 9.17) is 38.3 Å². The lowest BCUT2D eigenvalue weighted by Crippen LogP contribution is -2.58. The molecule has 0 unspecified atom stereocenters. The Labute approximate surface area is 297 Å². The number of benzene rings is 3. The summed E-state index contributed by atoms with van der Waals surface area (Å²) in [6.45, 7) is 1.68. The van der Waals surface area contributed by atoms with Crippen molar-refractivity contribution < 1.29 is 47.9 Å². The van der Waals surface area contributed by atoms with Crippen LogP contribution in [0.3, 0.4) is 0 Å². The number of aromatic hydroxyl groups is 1. The van der Waals surface area contributed by atoms with Gasteiger partial charge >= 0.3 is 11.9 Å². The number of methoxy groups -OCH3 is 6. The monoisotopic (exact) mass is 702 g/mol. The molecule has 7 rings (SSSR count). The van der Waals surface area contributed by atoms with E-state index in [9.17, 15) is 9.59 Å². The van der Waals surface area contributed by atoms with Crippen LogP contribution in [0.25, 0.3) is 10.9 Å². The number of fused-ring (bicyclic) bond motifs is 6. The third-order valence-corrected chi connectivity index (χ3v) is 10.5. The standard InChI is InChI=1S/C33H40N2O9.C6H6O/c1-38-19-7-8-20-21-9-10-35-16-18-13-27(44-32(36)17-11-25(39-2)30(41-4)26(12-17)40-3)31(42-5)28(33(37)43-6)22(18)15-24(35)29(21)34-23(20)14-19;7-6-4-2-1-3-5-6/h7-8,11-12,14,18,22,24,27-28,31,34H,9-10,13,15-16H2,1-6H3;1-5,7H/t18-,22+,24-,27-,28+,31+;/m1./s1. The number of ether oxygens (including phenoxy) is 7. The molecule has 2 aliphatic heterocycles. The summed E-state index contributed by atoms with van der Waals surface area (Å²) < 4.78 is 39.1. The van der Waals surface area contributed by atoms with Crippen LogP contribution >= 0.6 is 0 Å². The predicted molar refractivity (Wildman–Crippen MR) is 189 cm³/mol. The molecule has 0 spiro atoms. The second-order valence-electron chi connectivity index (χ2n) is 13.0. The molecule has 6 atom stereocenters. The summed E-state index contributed by atoms with van der Waals surface area (Å²) >= 11 is 0. The smallest absolute Gasteiger partial charge is 0.338 e. The Morgan fingerprint density at radius 1 is 0.863 bits per heavy atom. The van der Waals surface area contributed by atoms with Crippen LogP contribution in [0.1, 0.15) is 40.5 Å². The zero-order valence-electron chi connectivity index (χ0n) is 29.8. The lowest BCUT2D eigenvalue weighted by molar-refractivity contribution is -0.176. The van der Waals surface area contributed by atoms with Gasteiger partial charge in [-0.15, -0.1) is 0 Å². The van der Waals surface area contributed by atoms with E-state index in [1.807, 2.05) is 18.2 Å². The highest BCUT2D eigenvalue weighted by atomic mass is 16.6. The van der Waals surface area contributed by atoms with Gasteiger partial charge in [0.05, 0.1) is 53.1 Å². The molecule has 1 aromatic heterocycles. The van der Waals surface area contributed by atoms with Gasteiger partial charge in [-0.1, -0.05) is 18.2 Å². The van der Waals surface area contributed by atoms with Crippen LogP contribution in [-0.4, -0.2) is 94.9 Å². The number of H-pyrrole nitrogens is 1. The maximum absolute atomic E-state index is 13.5. The Kier molecular flexibility index (Phi) is 10.9. The summed E-state index contributed by atoms with van der Waals surface area (Å²) in [7, 11) is 9.10. The summed E-state index contributed by atoms with van der Waals surface area (Å²) in [5.41, 5.74) is 3.83. The number of phenols is 1. The van der Waals surface area contributed by atoms with E-state index in [2.05, 4.69) is 16.0 Å². The lowest BCUT2D eigenvalue weighted by Gasteiger charge is -2.52. The van der Waals surface area contributed by atoms with Gasteiger partial charge in [-0.2, -0.15) is 0 Å². The fourth-order valence-electron chi connectivity index (χ4n) is 8.19. The first kappa shape index (κ1) is 35.9. The summed E-state index contributed by atoms with van der Waals surface area (Å²) in [5, 5.41) is 9.84. The number of nitrogens with zero attached hydrogens (tertiary/aromatic N) is 1. The molecule has 0 bridgehead atoms. The number of carbonyl (C=O) groups excluding carboxylic acids is 2. The maximum atomic E-state index is 13.5. The first-order valence-electron chi connectivity index (χ1n) is 17.0. The highest BCUT2D eigenvalue weighted by Crippen LogP contribution is 2.51. The fraction of sp³-hybridized carbons (Fsp3) is 0.436. The van der Waals surface area contributed by atoms with Gasteiger partial charge in [-0.05, 0) is 73.1 Å². The largest absolute Gasteiger partial charge is 0.508 e. The Bertz CT molecular complexity index is 1820. The van der Waals surface area contributed by atoms with Gasteiger partial charge in [0.15, 0.2) is 11.5 Å². The molecule has 1 saturated heterocycles. The van der Waals surface area contributed by atoms with Crippen LogP contribution in [-0.2, 0) is 25.4 Å². The van der Waals surface area contributed by atoms with Crippen LogP contribution in [0, 0.1) is 17.8 Å². The Morgan fingerprint density at radius 2 is 1.59 bits per heavy atom. The Balaban J connectivity index is 0.000000573. The summed E-state index contributed by atoms with van der Waals surface area (Å²) in [6.07, 6.45) is 0.920. The van der Waals surface area contributed by atoms with Crippen molar-refractivity contribution >= 4 is 22.8 Å². The Hall–Kier alpha value is -4.94. The van der Waals surface area contributed by atoms with Crippen LogP contribution in [0.15, 0.2) is 60.7 Å².